The fourth-order valence-corrected chi connectivity index (χ4v) is 1.90. The monoisotopic (exact) mass is 346 g/mol. The molecule has 0 atom stereocenters. The van der Waals surface area contributed by atoms with Crippen LogP contribution < -0.4 is 9.47 Å². The van der Waals surface area contributed by atoms with Crippen LogP contribution in [0.15, 0.2) is 42.5 Å². The van der Waals surface area contributed by atoms with Gasteiger partial charge in [-0.2, -0.15) is 0 Å². The molecule has 8 heteroatoms. The normalized spacial score (nSPS) is 11.7. The summed E-state index contributed by atoms with van der Waals surface area (Å²) in [6, 6.07) is 7.84. The molecule has 0 saturated carbocycles. The minimum Gasteiger partial charge on any atom is -0.406 e. The first-order valence-corrected chi connectivity index (χ1v) is 6.30. The van der Waals surface area contributed by atoms with Crippen molar-refractivity contribution in [2.24, 2.45) is 0 Å². The van der Waals surface area contributed by atoms with Crippen molar-refractivity contribution < 1.29 is 35.8 Å². The number of alkyl halides is 6. The molecule has 0 unspecified atom stereocenters. The van der Waals surface area contributed by atoms with Crippen molar-refractivity contribution in [3.8, 4) is 35.0 Å². The largest absolute Gasteiger partial charge is 0.573 e. The summed E-state index contributed by atoms with van der Waals surface area (Å²) in [7, 11) is 0. The molecule has 0 aromatic heterocycles. The van der Waals surface area contributed by atoms with Crippen LogP contribution in [0.4, 0.5) is 26.3 Å². The van der Waals surface area contributed by atoms with Gasteiger partial charge in [-0.3, -0.25) is 0 Å². The molecular formula is C16H8F6O2. The molecule has 0 N–H and O–H groups in total. The molecule has 0 saturated heterocycles. The molecule has 2 aromatic rings. The molecule has 0 heterocycles. The van der Waals surface area contributed by atoms with E-state index in [4.69, 9.17) is 6.42 Å². The Morgan fingerprint density at radius 1 is 0.792 bits per heavy atom. The van der Waals surface area contributed by atoms with Crippen molar-refractivity contribution in [1.29, 1.82) is 0 Å². The topological polar surface area (TPSA) is 18.5 Å². The summed E-state index contributed by atoms with van der Waals surface area (Å²) >= 11 is 0. The summed E-state index contributed by atoms with van der Waals surface area (Å²) in [5.41, 5.74) is 0.456. The van der Waals surface area contributed by atoms with E-state index in [1.807, 2.05) is 0 Å². The summed E-state index contributed by atoms with van der Waals surface area (Å²) in [6.07, 6.45) is -4.58. The van der Waals surface area contributed by atoms with Crippen molar-refractivity contribution in [3.63, 3.8) is 0 Å². The number of terminal acetylenes is 1. The SMILES string of the molecule is C#Cc1ccc(OC(F)(F)F)c(-c2ccc(OC(F)(F)F)cc2)c1. The number of hydrogen-bond donors (Lipinski definition) is 0. The average molecular weight is 346 g/mol. The molecule has 24 heavy (non-hydrogen) atoms. The number of hydrogen-bond acceptors (Lipinski definition) is 2. The van der Waals surface area contributed by atoms with E-state index in [-0.39, 0.29) is 16.7 Å². The lowest BCUT2D eigenvalue weighted by atomic mass is 10.0. The van der Waals surface area contributed by atoms with Gasteiger partial charge in [-0.05, 0) is 35.9 Å². The van der Waals surface area contributed by atoms with Gasteiger partial charge in [0.15, 0.2) is 0 Å². The van der Waals surface area contributed by atoms with Crippen molar-refractivity contribution >= 4 is 0 Å². The molecule has 0 radical (unpaired) electrons. The van der Waals surface area contributed by atoms with Crippen LogP contribution in [0.5, 0.6) is 11.5 Å². The summed E-state index contributed by atoms with van der Waals surface area (Å²) in [5, 5.41) is 0. The molecule has 2 nitrogen and oxygen atoms in total. The van der Waals surface area contributed by atoms with Crippen molar-refractivity contribution in [1.82, 2.24) is 0 Å². The highest BCUT2D eigenvalue weighted by Crippen LogP contribution is 2.35. The predicted molar refractivity (Wildman–Crippen MR) is 73.2 cm³/mol. The lowest BCUT2D eigenvalue weighted by molar-refractivity contribution is -0.275. The standard InChI is InChI=1S/C16H8F6O2/c1-2-10-3-8-14(24-16(20,21)22)13(9-10)11-4-6-12(7-5-11)23-15(17,18)19/h1,3-9H. The second kappa shape index (κ2) is 6.35. The van der Waals surface area contributed by atoms with Gasteiger partial charge >= 0.3 is 12.7 Å². The molecule has 0 bridgehead atoms. The van der Waals surface area contributed by atoms with E-state index in [9.17, 15) is 26.3 Å². The molecule has 2 aromatic carbocycles. The van der Waals surface area contributed by atoms with Crippen LogP contribution in [0.25, 0.3) is 11.1 Å². The number of ether oxygens (including phenoxy) is 2. The average Bonchev–Trinajstić information content (AvgIpc) is 2.45. The summed E-state index contributed by atoms with van der Waals surface area (Å²) in [6.45, 7) is 0. The van der Waals surface area contributed by atoms with Crippen LogP contribution in [0, 0.1) is 12.3 Å². The van der Waals surface area contributed by atoms with Gasteiger partial charge in [0.2, 0.25) is 0 Å². The Morgan fingerprint density at radius 2 is 1.38 bits per heavy atom. The minimum atomic E-state index is -4.92. The highest BCUT2D eigenvalue weighted by molar-refractivity contribution is 5.72. The molecule has 0 aliphatic rings. The third kappa shape index (κ3) is 4.84. The Hall–Kier alpha value is -2.82. The molecule has 0 aliphatic heterocycles. The Bertz CT molecular complexity index is 754. The van der Waals surface area contributed by atoms with E-state index in [2.05, 4.69) is 15.4 Å². The third-order valence-electron chi connectivity index (χ3n) is 2.77. The van der Waals surface area contributed by atoms with Gasteiger partial charge in [-0.25, -0.2) is 0 Å². The molecule has 0 fully saturated rings. The molecule has 0 spiro atoms. The number of rotatable bonds is 3. The fraction of sp³-hybridized carbons (Fsp3) is 0.125. The fourth-order valence-electron chi connectivity index (χ4n) is 1.90. The lowest BCUT2D eigenvalue weighted by Crippen LogP contribution is -2.17. The predicted octanol–water partition coefficient (Wildman–Crippen LogP) is 5.13. The van der Waals surface area contributed by atoms with Crippen LogP contribution >= 0.6 is 0 Å². The van der Waals surface area contributed by atoms with Crippen molar-refractivity contribution in [2.75, 3.05) is 0 Å². The molecule has 0 amide bonds. The molecule has 2 rings (SSSR count). The number of halogens is 6. The Morgan fingerprint density at radius 3 is 1.88 bits per heavy atom. The quantitative estimate of drug-likeness (QED) is 0.566. The maximum Gasteiger partial charge on any atom is 0.573 e. The summed E-state index contributed by atoms with van der Waals surface area (Å²) in [4.78, 5) is 0. The van der Waals surface area contributed by atoms with Gasteiger partial charge in [0.25, 0.3) is 0 Å². The highest BCUT2D eigenvalue weighted by atomic mass is 19.4. The van der Waals surface area contributed by atoms with E-state index in [1.54, 1.807) is 0 Å². The van der Waals surface area contributed by atoms with Gasteiger partial charge in [-0.1, -0.05) is 18.1 Å². The van der Waals surface area contributed by atoms with Crippen LogP contribution in [-0.2, 0) is 0 Å². The van der Waals surface area contributed by atoms with E-state index in [1.165, 1.54) is 24.3 Å². The lowest BCUT2D eigenvalue weighted by Gasteiger charge is -2.14. The second-order valence-electron chi connectivity index (χ2n) is 4.48. The zero-order valence-electron chi connectivity index (χ0n) is 11.7. The van der Waals surface area contributed by atoms with E-state index >= 15 is 0 Å². The van der Waals surface area contributed by atoms with Crippen molar-refractivity contribution in [2.45, 2.75) is 12.7 Å². The van der Waals surface area contributed by atoms with Gasteiger partial charge in [0.1, 0.15) is 11.5 Å². The second-order valence-corrected chi connectivity index (χ2v) is 4.48. The third-order valence-corrected chi connectivity index (χ3v) is 2.77. The maximum atomic E-state index is 12.5. The molecule has 126 valence electrons. The Kier molecular flexibility index (Phi) is 4.64. The van der Waals surface area contributed by atoms with Gasteiger partial charge in [-0.15, -0.1) is 32.8 Å². The summed E-state index contributed by atoms with van der Waals surface area (Å²) in [5.74, 6) is 1.23. The van der Waals surface area contributed by atoms with Gasteiger partial charge < -0.3 is 9.47 Å². The van der Waals surface area contributed by atoms with Crippen molar-refractivity contribution in [3.05, 3.63) is 48.0 Å². The van der Waals surface area contributed by atoms with E-state index in [0.29, 0.717) is 0 Å². The van der Waals surface area contributed by atoms with Crippen LogP contribution in [0.1, 0.15) is 5.56 Å². The highest BCUT2D eigenvalue weighted by Gasteiger charge is 2.33. The van der Waals surface area contributed by atoms with Crippen LogP contribution in [0.3, 0.4) is 0 Å². The van der Waals surface area contributed by atoms with Crippen LogP contribution in [0.2, 0.25) is 0 Å². The van der Waals surface area contributed by atoms with E-state index in [0.717, 1.165) is 18.2 Å². The van der Waals surface area contributed by atoms with Gasteiger partial charge in [0.05, 0.1) is 0 Å². The molecular weight excluding hydrogens is 338 g/mol. The minimum absolute atomic E-state index is 0.0127. The first-order chi connectivity index (χ1) is 11.1. The van der Waals surface area contributed by atoms with Crippen LogP contribution in [-0.4, -0.2) is 12.7 Å². The zero-order valence-corrected chi connectivity index (χ0v) is 11.7. The van der Waals surface area contributed by atoms with E-state index < -0.39 is 24.2 Å². The molecule has 0 aliphatic carbocycles. The Balaban J connectivity index is 2.41. The first-order valence-electron chi connectivity index (χ1n) is 6.30. The maximum absolute atomic E-state index is 12.5. The van der Waals surface area contributed by atoms with Gasteiger partial charge in [0, 0.05) is 11.1 Å². The first kappa shape index (κ1) is 17.5. The number of benzene rings is 2. The zero-order chi connectivity index (χ0) is 18.0. The Labute approximate surface area is 132 Å². The smallest absolute Gasteiger partial charge is 0.406 e. The summed E-state index contributed by atoms with van der Waals surface area (Å²) < 4.78 is 81.4.